The molecule has 76 valence electrons. The third kappa shape index (κ3) is 1.81. The minimum atomic E-state index is -0.369. The number of benzene rings is 1. The average Bonchev–Trinajstić information content (AvgIpc) is 2.15. The van der Waals surface area contributed by atoms with Gasteiger partial charge in [0.05, 0.1) is 12.1 Å². The summed E-state index contributed by atoms with van der Waals surface area (Å²) >= 11 is 0. The molecule has 0 spiro atoms. The van der Waals surface area contributed by atoms with Crippen LogP contribution in [0.1, 0.15) is 30.9 Å². The first-order chi connectivity index (χ1) is 6.79. The summed E-state index contributed by atoms with van der Waals surface area (Å²) in [5.41, 5.74) is 7.03. The van der Waals surface area contributed by atoms with Crippen molar-refractivity contribution in [2.45, 2.75) is 31.4 Å². The molecule has 2 nitrogen and oxygen atoms in total. The number of hydrogen-bond acceptors (Lipinski definition) is 2. The van der Waals surface area contributed by atoms with Crippen LogP contribution in [0.5, 0.6) is 0 Å². The second kappa shape index (κ2) is 4.11. The van der Waals surface area contributed by atoms with Crippen molar-refractivity contribution >= 4 is 0 Å². The maximum Gasteiger partial charge on any atom is 0.0760 e. The Balaban J connectivity index is 2.03. The highest BCUT2D eigenvalue weighted by Gasteiger charge is 2.30. The highest BCUT2D eigenvalue weighted by Crippen LogP contribution is 2.34. The van der Waals surface area contributed by atoms with Crippen LogP contribution in [-0.2, 0) is 0 Å². The molecule has 2 heteroatoms. The van der Waals surface area contributed by atoms with Crippen molar-refractivity contribution < 1.29 is 5.11 Å². The molecule has 3 N–H and O–H groups in total. The van der Waals surface area contributed by atoms with Gasteiger partial charge in [0.1, 0.15) is 0 Å². The Morgan fingerprint density at radius 2 is 1.86 bits per heavy atom. The molecule has 0 heterocycles. The molecule has 1 saturated carbocycles. The van der Waals surface area contributed by atoms with E-state index in [1.165, 1.54) is 6.42 Å². The maximum absolute atomic E-state index is 9.97. The Morgan fingerprint density at radius 3 is 2.36 bits per heavy atom. The lowest BCUT2D eigenvalue weighted by atomic mass is 9.77. The van der Waals surface area contributed by atoms with Gasteiger partial charge in [0.25, 0.3) is 0 Å². The molecule has 1 aliphatic rings. The Labute approximate surface area is 84.7 Å². The molecule has 0 bridgehead atoms. The highest BCUT2D eigenvalue weighted by atomic mass is 16.3. The van der Waals surface area contributed by atoms with Gasteiger partial charge in [-0.25, -0.2) is 0 Å². The quantitative estimate of drug-likeness (QED) is 0.766. The average molecular weight is 191 g/mol. The minimum Gasteiger partial charge on any atom is -0.391 e. The fraction of sp³-hybridized carbons (Fsp3) is 0.500. The van der Waals surface area contributed by atoms with Gasteiger partial charge >= 0.3 is 0 Å². The van der Waals surface area contributed by atoms with Gasteiger partial charge in [0.15, 0.2) is 0 Å². The molecular weight excluding hydrogens is 174 g/mol. The predicted molar refractivity (Wildman–Crippen MR) is 56.7 cm³/mol. The van der Waals surface area contributed by atoms with Crippen LogP contribution in [0.2, 0.25) is 0 Å². The molecule has 2 atom stereocenters. The number of hydrogen-bond donors (Lipinski definition) is 2. The van der Waals surface area contributed by atoms with Gasteiger partial charge in [-0.15, -0.1) is 0 Å². The third-order valence-electron chi connectivity index (χ3n) is 3.19. The first-order valence-corrected chi connectivity index (χ1v) is 5.27. The lowest BCUT2D eigenvalue weighted by Gasteiger charge is -2.33. The fourth-order valence-corrected chi connectivity index (χ4v) is 1.95. The molecule has 0 aliphatic heterocycles. The minimum absolute atomic E-state index is 0.221. The molecule has 0 amide bonds. The first kappa shape index (κ1) is 9.69. The van der Waals surface area contributed by atoms with E-state index in [9.17, 15) is 5.11 Å². The molecule has 0 saturated heterocycles. The van der Waals surface area contributed by atoms with E-state index >= 15 is 0 Å². The summed E-state index contributed by atoms with van der Waals surface area (Å²) in [4.78, 5) is 0. The molecular formula is C12H17NO. The third-order valence-corrected chi connectivity index (χ3v) is 3.19. The number of aliphatic hydroxyl groups is 1. The molecule has 0 unspecified atom stereocenters. The standard InChI is InChI=1S/C12H17NO/c13-11(9-5-2-1-3-6-9)12(14)10-7-4-8-10/h1-3,5-6,10-12,14H,4,7-8,13H2/t11-,12+/m0/s1. The van der Waals surface area contributed by atoms with Crippen molar-refractivity contribution in [3.05, 3.63) is 35.9 Å². The van der Waals surface area contributed by atoms with Crippen LogP contribution >= 0.6 is 0 Å². The molecule has 2 rings (SSSR count). The van der Waals surface area contributed by atoms with Crippen LogP contribution in [-0.4, -0.2) is 11.2 Å². The van der Waals surface area contributed by atoms with Gasteiger partial charge in [-0.05, 0) is 24.3 Å². The van der Waals surface area contributed by atoms with E-state index in [1.807, 2.05) is 30.3 Å². The lowest BCUT2D eigenvalue weighted by Crippen LogP contribution is -2.36. The van der Waals surface area contributed by atoms with Crippen molar-refractivity contribution in [2.75, 3.05) is 0 Å². The summed E-state index contributed by atoms with van der Waals surface area (Å²) in [6.07, 6.45) is 3.12. The molecule has 0 aromatic heterocycles. The van der Waals surface area contributed by atoms with Crippen molar-refractivity contribution in [1.29, 1.82) is 0 Å². The van der Waals surface area contributed by atoms with Crippen molar-refractivity contribution in [1.82, 2.24) is 0 Å². The van der Waals surface area contributed by atoms with E-state index in [4.69, 9.17) is 5.73 Å². The second-order valence-electron chi connectivity index (χ2n) is 4.12. The lowest BCUT2D eigenvalue weighted by molar-refractivity contribution is 0.0414. The Morgan fingerprint density at radius 1 is 1.21 bits per heavy atom. The van der Waals surface area contributed by atoms with Crippen LogP contribution in [0.15, 0.2) is 30.3 Å². The zero-order valence-corrected chi connectivity index (χ0v) is 8.26. The van der Waals surface area contributed by atoms with Gasteiger partial charge in [0.2, 0.25) is 0 Å². The Bertz CT molecular complexity index is 282. The zero-order chi connectivity index (χ0) is 9.97. The number of nitrogens with two attached hydrogens (primary N) is 1. The van der Waals surface area contributed by atoms with Crippen LogP contribution in [0.3, 0.4) is 0 Å². The van der Waals surface area contributed by atoms with Crippen molar-refractivity contribution in [3.63, 3.8) is 0 Å². The summed E-state index contributed by atoms with van der Waals surface area (Å²) in [7, 11) is 0. The Kier molecular flexibility index (Phi) is 2.85. The topological polar surface area (TPSA) is 46.2 Å². The zero-order valence-electron chi connectivity index (χ0n) is 8.26. The first-order valence-electron chi connectivity index (χ1n) is 5.27. The summed E-state index contributed by atoms with van der Waals surface area (Å²) in [5.74, 6) is 0.421. The summed E-state index contributed by atoms with van der Waals surface area (Å²) in [6, 6.07) is 9.62. The van der Waals surface area contributed by atoms with E-state index in [1.54, 1.807) is 0 Å². The van der Waals surface area contributed by atoms with Gasteiger partial charge in [-0.1, -0.05) is 36.8 Å². The van der Waals surface area contributed by atoms with E-state index in [0.29, 0.717) is 5.92 Å². The van der Waals surface area contributed by atoms with Gasteiger partial charge in [0, 0.05) is 0 Å². The number of rotatable bonds is 3. The predicted octanol–water partition coefficient (Wildman–Crippen LogP) is 1.85. The fourth-order valence-electron chi connectivity index (χ4n) is 1.95. The smallest absolute Gasteiger partial charge is 0.0760 e. The summed E-state index contributed by atoms with van der Waals surface area (Å²) < 4.78 is 0. The van der Waals surface area contributed by atoms with Crippen LogP contribution in [0.4, 0.5) is 0 Å². The van der Waals surface area contributed by atoms with Crippen molar-refractivity contribution in [3.8, 4) is 0 Å². The van der Waals surface area contributed by atoms with E-state index in [-0.39, 0.29) is 12.1 Å². The van der Waals surface area contributed by atoms with Crippen molar-refractivity contribution in [2.24, 2.45) is 11.7 Å². The van der Waals surface area contributed by atoms with Gasteiger partial charge in [-0.3, -0.25) is 0 Å². The number of aliphatic hydroxyl groups excluding tert-OH is 1. The monoisotopic (exact) mass is 191 g/mol. The highest BCUT2D eigenvalue weighted by molar-refractivity contribution is 5.19. The van der Waals surface area contributed by atoms with Gasteiger partial charge in [-0.2, -0.15) is 0 Å². The maximum atomic E-state index is 9.97. The molecule has 1 aromatic rings. The van der Waals surface area contributed by atoms with Gasteiger partial charge < -0.3 is 10.8 Å². The van der Waals surface area contributed by atoms with E-state index in [2.05, 4.69) is 0 Å². The SMILES string of the molecule is N[C@@H](c1ccccc1)[C@H](O)C1CCC1. The van der Waals surface area contributed by atoms with E-state index < -0.39 is 0 Å². The summed E-state index contributed by atoms with van der Waals surface area (Å²) in [5, 5.41) is 9.97. The second-order valence-corrected chi connectivity index (χ2v) is 4.12. The van der Waals surface area contributed by atoms with E-state index in [0.717, 1.165) is 18.4 Å². The molecule has 14 heavy (non-hydrogen) atoms. The molecule has 0 radical (unpaired) electrons. The molecule has 1 aromatic carbocycles. The van der Waals surface area contributed by atoms with Crippen LogP contribution in [0, 0.1) is 5.92 Å². The molecule has 1 aliphatic carbocycles. The summed E-state index contributed by atoms with van der Waals surface area (Å²) in [6.45, 7) is 0. The van der Waals surface area contributed by atoms with Crippen LogP contribution in [0.25, 0.3) is 0 Å². The van der Waals surface area contributed by atoms with Crippen LogP contribution < -0.4 is 5.73 Å². The Hall–Kier alpha value is -0.860. The largest absolute Gasteiger partial charge is 0.391 e. The normalized spacial score (nSPS) is 21.3. The molecule has 1 fully saturated rings.